The zero-order valence-electron chi connectivity index (χ0n) is 10.9. The van der Waals surface area contributed by atoms with Crippen molar-refractivity contribution in [2.75, 3.05) is 6.54 Å². The lowest BCUT2D eigenvalue weighted by molar-refractivity contribution is 0.160. The molecule has 0 saturated heterocycles. The first-order chi connectivity index (χ1) is 8.81. The Morgan fingerprint density at radius 3 is 2.72 bits per heavy atom. The number of nitrogens with one attached hydrogen (secondary N) is 1. The molecule has 0 aliphatic heterocycles. The van der Waals surface area contributed by atoms with Crippen molar-refractivity contribution in [3.8, 4) is 0 Å². The van der Waals surface area contributed by atoms with Crippen LogP contribution in [0.1, 0.15) is 25.3 Å². The zero-order valence-corrected chi connectivity index (χ0v) is 10.9. The topological polar surface area (TPSA) is 32.3 Å². The van der Waals surface area contributed by atoms with Crippen molar-refractivity contribution in [3.05, 3.63) is 48.0 Å². The molecular formula is C16H21NO. The molecule has 2 aromatic rings. The van der Waals surface area contributed by atoms with E-state index in [0.717, 1.165) is 19.4 Å². The third-order valence-corrected chi connectivity index (χ3v) is 3.20. The van der Waals surface area contributed by atoms with E-state index in [2.05, 4.69) is 54.7 Å². The van der Waals surface area contributed by atoms with E-state index in [1.807, 2.05) is 0 Å². The molecule has 0 bridgehead atoms. The molecule has 2 heteroatoms. The molecule has 0 radical (unpaired) electrons. The van der Waals surface area contributed by atoms with E-state index < -0.39 is 0 Å². The van der Waals surface area contributed by atoms with Crippen LogP contribution in [0.15, 0.2) is 42.5 Å². The van der Waals surface area contributed by atoms with Crippen LogP contribution in [0.2, 0.25) is 0 Å². The SMILES string of the molecule is CCCC(O)CNCc1cccc2ccccc12. The standard InChI is InChI=1S/C16H21NO/c1-2-6-15(18)12-17-11-14-9-5-8-13-7-3-4-10-16(13)14/h3-5,7-10,15,17-18H,2,6,11-12H2,1H3. The fourth-order valence-electron chi connectivity index (χ4n) is 2.26. The summed E-state index contributed by atoms with van der Waals surface area (Å²) in [6, 6.07) is 14.8. The summed E-state index contributed by atoms with van der Waals surface area (Å²) in [7, 11) is 0. The number of aliphatic hydroxyl groups excluding tert-OH is 1. The third kappa shape index (κ3) is 3.31. The van der Waals surface area contributed by atoms with Crippen LogP contribution in [-0.2, 0) is 6.54 Å². The zero-order chi connectivity index (χ0) is 12.8. The highest BCUT2D eigenvalue weighted by Gasteiger charge is 2.03. The van der Waals surface area contributed by atoms with E-state index in [4.69, 9.17) is 0 Å². The van der Waals surface area contributed by atoms with E-state index in [0.29, 0.717) is 6.54 Å². The highest BCUT2D eigenvalue weighted by Crippen LogP contribution is 2.18. The van der Waals surface area contributed by atoms with Crippen LogP contribution in [0.4, 0.5) is 0 Å². The van der Waals surface area contributed by atoms with Gasteiger partial charge in [-0.3, -0.25) is 0 Å². The Morgan fingerprint density at radius 1 is 1.11 bits per heavy atom. The first-order valence-corrected chi connectivity index (χ1v) is 6.66. The van der Waals surface area contributed by atoms with E-state index >= 15 is 0 Å². The van der Waals surface area contributed by atoms with Gasteiger partial charge in [0.15, 0.2) is 0 Å². The quantitative estimate of drug-likeness (QED) is 0.817. The Bertz CT molecular complexity index is 490. The van der Waals surface area contributed by atoms with Crippen molar-refractivity contribution in [2.45, 2.75) is 32.4 Å². The summed E-state index contributed by atoms with van der Waals surface area (Å²) >= 11 is 0. The van der Waals surface area contributed by atoms with Crippen molar-refractivity contribution < 1.29 is 5.11 Å². The smallest absolute Gasteiger partial charge is 0.0664 e. The molecule has 0 heterocycles. The van der Waals surface area contributed by atoms with Gasteiger partial charge in [0.2, 0.25) is 0 Å². The van der Waals surface area contributed by atoms with Crippen LogP contribution in [0, 0.1) is 0 Å². The summed E-state index contributed by atoms with van der Waals surface area (Å²) in [6.45, 7) is 3.56. The average molecular weight is 243 g/mol. The van der Waals surface area contributed by atoms with E-state index in [-0.39, 0.29) is 6.10 Å². The predicted octanol–water partition coefficient (Wildman–Crippen LogP) is 3.09. The molecule has 0 spiro atoms. The molecule has 0 aromatic heterocycles. The molecule has 2 N–H and O–H groups in total. The fraction of sp³-hybridized carbons (Fsp3) is 0.375. The fourth-order valence-corrected chi connectivity index (χ4v) is 2.26. The Balaban J connectivity index is 1.99. The summed E-state index contributed by atoms with van der Waals surface area (Å²) in [4.78, 5) is 0. The molecule has 1 atom stereocenters. The minimum absolute atomic E-state index is 0.232. The van der Waals surface area contributed by atoms with Gasteiger partial charge in [0.05, 0.1) is 6.10 Å². The third-order valence-electron chi connectivity index (χ3n) is 3.20. The molecule has 1 unspecified atom stereocenters. The first-order valence-electron chi connectivity index (χ1n) is 6.66. The minimum atomic E-state index is -0.232. The molecule has 18 heavy (non-hydrogen) atoms. The molecule has 0 saturated carbocycles. The largest absolute Gasteiger partial charge is 0.392 e. The Hall–Kier alpha value is -1.38. The second-order valence-electron chi connectivity index (χ2n) is 4.71. The Kier molecular flexibility index (Phi) is 4.73. The first kappa shape index (κ1) is 13.1. The lowest BCUT2D eigenvalue weighted by atomic mass is 10.0. The predicted molar refractivity (Wildman–Crippen MR) is 76.6 cm³/mol. The highest BCUT2D eigenvalue weighted by atomic mass is 16.3. The van der Waals surface area contributed by atoms with E-state index in [9.17, 15) is 5.11 Å². The van der Waals surface area contributed by atoms with Gasteiger partial charge in [-0.25, -0.2) is 0 Å². The van der Waals surface area contributed by atoms with E-state index in [1.54, 1.807) is 0 Å². The maximum Gasteiger partial charge on any atom is 0.0664 e. The van der Waals surface area contributed by atoms with Crippen molar-refractivity contribution in [1.82, 2.24) is 5.32 Å². The summed E-state index contributed by atoms with van der Waals surface area (Å²) in [5, 5.41) is 15.6. The van der Waals surface area contributed by atoms with Gasteiger partial charge in [0, 0.05) is 13.1 Å². The van der Waals surface area contributed by atoms with Gasteiger partial charge < -0.3 is 10.4 Å². The monoisotopic (exact) mass is 243 g/mol. The highest BCUT2D eigenvalue weighted by molar-refractivity contribution is 5.85. The summed E-state index contributed by atoms with van der Waals surface area (Å²) in [5.74, 6) is 0. The molecule has 2 aromatic carbocycles. The van der Waals surface area contributed by atoms with Crippen molar-refractivity contribution in [3.63, 3.8) is 0 Å². The van der Waals surface area contributed by atoms with Gasteiger partial charge in [-0.05, 0) is 22.8 Å². The molecule has 0 amide bonds. The van der Waals surface area contributed by atoms with Gasteiger partial charge in [-0.15, -0.1) is 0 Å². The average Bonchev–Trinajstić information content (AvgIpc) is 2.39. The summed E-state index contributed by atoms with van der Waals surface area (Å²) < 4.78 is 0. The normalized spacial score (nSPS) is 12.8. The summed E-state index contributed by atoms with van der Waals surface area (Å²) in [6.07, 6.45) is 1.66. The van der Waals surface area contributed by atoms with Crippen LogP contribution >= 0.6 is 0 Å². The number of hydrogen-bond acceptors (Lipinski definition) is 2. The molecule has 96 valence electrons. The molecule has 0 fully saturated rings. The second-order valence-corrected chi connectivity index (χ2v) is 4.71. The number of benzene rings is 2. The molecule has 0 aliphatic carbocycles. The maximum atomic E-state index is 9.68. The minimum Gasteiger partial charge on any atom is -0.392 e. The van der Waals surface area contributed by atoms with Crippen LogP contribution < -0.4 is 5.32 Å². The molecular weight excluding hydrogens is 222 g/mol. The van der Waals surface area contributed by atoms with E-state index in [1.165, 1.54) is 16.3 Å². The number of rotatable bonds is 6. The number of hydrogen-bond donors (Lipinski definition) is 2. The molecule has 2 rings (SSSR count). The van der Waals surface area contributed by atoms with Gasteiger partial charge in [0.25, 0.3) is 0 Å². The van der Waals surface area contributed by atoms with Crippen molar-refractivity contribution in [2.24, 2.45) is 0 Å². The van der Waals surface area contributed by atoms with Crippen LogP contribution in [-0.4, -0.2) is 17.8 Å². The van der Waals surface area contributed by atoms with Gasteiger partial charge >= 0.3 is 0 Å². The van der Waals surface area contributed by atoms with Gasteiger partial charge in [-0.2, -0.15) is 0 Å². The lowest BCUT2D eigenvalue weighted by Crippen LogP contribution is -2.26. The summed E-state index contributed by atoms with van der Waals surface area (Å²) in [5.41, 5.74) is 1.29. The number of fused-ring (bicyclic) bond motifs is 1. The molecule has 0 aliphatic rings. The van der Waals surface area contributed by atoms with Crippen LogP contribution in [0.3, 0.4) is 0 Å². The van der Waals surface area contributed by atoms with Crippen molar-refractivity contribution >= 4 is 10.8 Å². The number of aliphatic hydroxyl groups is 1. The lowest BCUT2D eigenvalue weighted by Gasteiger charge is -2.12. The second kappa shape index (κ2) is 6.53. The van der Waals surface area contributed by atoms with Gasteiger partial charge in [0.1, 0.15) is 0 Å². The van der Waals surface area contributed by atoms with Crippen LogP contribution in [0.5, 0.6) is 0 Å². The van der Waals surface area contributed by atoms with Crippen molar-refractivity contribution in [1.29, 1.82) is 0 Å². The van der Waals surface area contributed by atoms with Gasteiger partial charge in [-0.1, -0.05) is 55.8 Å². The Morgan fingerprint density at radius 2 is 1.89 bits per heavy atom. The van der Waals surface area contributed by atoms with Crippen LogP contribution in [0.25, 0.3) is 10.8 Å². The Labute approximate surface area is 109 Å². The maximum absolute atomic E-state index is 9.68. The molecule has 2 nitrogen and oxygen atoms in total.